The smallest absolute Gasteiger partial charge is 0.237 e. The van der Waals surface area contributed by atoms with E-state index in [1.54, 1.807) is 11.1 Å². The van der Waals surface area contributed by atoms with Gasteiger partial charge in [-0.05, 0) is 37.6 Å². The standard InChI is InChI=1S/C20H16F2N2O2S/c1-20(2)13-5-3-4-6-15(13)24(19(20)26)10-11-9-23-18(27-11)12-7-8-14(21)17(25)16(12)22/h3-9,25H,10H2,1-2H3. The van der Waals surface area contributed by atoms with Crippen molar-refractivity contribution in [2.24, 2.45) is 0 Å². The molecular formula is C20H16F2N2O2S. The van der Waals surface area contributed by atoms with Crippen LogP contribution in [-0.4, -0.2) is 16.0 Å². The molecule has 4 rings (SSSR count). The van der Waals surface area contributed by atoms with E-state index in [0.29, 0.717) is 11.6 Å². The summed E-state index contributed by atoms with van der Waals surface area (Å²) >= 11 is 1.20. The number of rotatable bonds is 3. The van der Waals surface area contributed by atoms with Crippen LogP contribution in [-0.2, 0) is 16.8 Å². The number of aromatic hydroxyl groups is 1. The third-order valence-corrected chi connectivity index (χ3v) is 5.83. The molecule has 1 aromatic heterocycles. The number of phenolic OH excluding ortho intramolecular Hbond substituents is 1. The summed E-state index contributed by atoms with van der Waals surface area (Å²) in [6.45, 7) is 4.09. The van der Waals surface area contributed by atoms with Gasteiger partial charge in [-0.2, -0.15) is 0 Å². The molecule has 4 nitrogen and oxygen atoms in total. The summed E-state index contributed by atoms with van der Waals surface area (Å²) in [6, 6.07) is 9.88. The zero-order chi connectivity index (χ0) is 19.3. The van der Waals surface area contributed by atoms with Crippen LogP contribution in [0, 0.1) is 11.6 Å². The number of carbonyl (C=O) groups excluding carboxylic acids is 1. The Bertz CT molecular complexity index is 1060. The molecule has 7 heteroatoms. The number of anilines is 1. The highest BCUT2D eigenvalue weighted by atomic mass is 32.1. The Hall–Kier alpha value is -2.80. The van der Waals surface area contributed by atoms with Crippen LogP contribution in [0.4, 0.5) is 14.5 Å². The quantitative estimate of drug-likeness (QED) is 0.715. The third kappa shape index (κ3) is 2.70. The number of thiazole rings is 1. The van der Waals surface area contributed by atoms with Crippen molar-refractivity contribution >= 4 is 22.9 Å². The topological polar surface area (TPSA) is 53.4 Å². The fourth-order valence-electron chi connectivity index (χ4n) is 3.32. The Kier molecular flexibility index (Phi) is 3.99. The monoisotopic (exact) mass is 386 g/mol. The molecule has 0 saturated heterocycles. The van der Waals surface area contributed by atoms with Gasteiger partial charge in [-0.3, -0.25) is 4.79 Å². The number of amides is 1. The lowest BCUT2D eigenvalue weighted by atomic mass is 9.86. The highest BCUT2D eigenvalue weighted by molar-refractivity contribution is 7.15. The number of para-hydroxylation sites is 1. The van der Waals surface area contributed by atoms with Crippen molar-refractivity contribution in [3.63, 3.8) is 0 Å². The molecule has 2 aromatic carbocycles. The van der Waals surface area contributed by atoms with Crippen LogP contribution in [0.5, 0.6) is 5.75 Å². The van der Waals surface area contributed by atoms with Gasteiger partial charge in [0.05, 0.1) is 17.5 Å². The minimum atomic E-state index is -1.04. The van der Waals surface area contributed by atoms with Crippen molar-refractivity contribution in [1.82, 2.24) is 4.98 Å². The van der Waals surface area contributed by atoms with Gasteiger partial charge < -0.3 is 10.0 Å². The Morgan fingerprint density at radius 3 is 2.70 bits per heavy atom. The molecular weight excluding hydrogens is 370 g/mol. The molecule has 1 N–H and O–H groups in total. The summed E-state index contributed by atoms with van der Waals surface area (Å²) in [6.07, 6.45) is 1.57. The highest BCUT2D eigenvalue weighted by Gasteiger charge is 2.43. The van der Waals surface area contributed by atoms with Crippen LogP contribution in [0.15, 0.2) is 42.6 Å². The summed E-state index contributed by atoms with van der Waals surface area (Å²) < 4.78 is 27.4. The van der Waals surface area contributed by atoms with Crippen LogP contribution < -0.4 is 4.90 Å². The summed E-state index contributed by atoms with van der Waals surface area (Å²) in [7, 11) is 0. The summed E-state index contributed by atoms with van der Waals surface area (Å²) in [4.78, 5) is 19.5. The first kappa shape index (κ1) is 17.6. The van der Waals surface area contributed by atoms with E-state index in [1.165, 1.54) is 17.4 Å². The molecule has 0 unspecified atom stereocenters. The van der Waals surface area contributed by atoms with Gasteiger partial charge in [-0.25, -0.2) is 13.8 Å². The zero-order valence-electron chi connectivity index (χ0n) is 14.7. The van der Waals surface area contributed by atoms with Crippen molar-refractivity contribution in [2.45, 2.75) is 25.8 Å². The number of nitrogens with zero attached hydrogens (tertiary/aromatic N) is 2. The minimum Gasteiger partial charge on any atom is -0.503 e. The molecule has 0 bridgehead atoms. The highest BCUT2D eigenvalue weighted by Crippen LogP contribution is 2.42. The van der Waals surface area contributed by atoms with Crippen molar-refractivity contribution in [3.8, 4) is 16.3 Å². The van der Waals surface area contributed by atoms with E-state index in [1.807, 2.05) is 38.1 Å². The number of hydrogen-bond donors (Lipinski definition) is 1. The molecule has 27 heavy (non-hydrogen) atoms. The third-order valence-electron chi connectivity index (χ3n) is 4.81. The van der Waals surface area contributed by atoms with Gasteiger partial charge >= 0.3 is 0 Å². The predicted molar refractivity (Wildman–Crippen MR) is 99.8 cm³/mol. The normalized spacial score (nSPS) is 15.3. The van der Waals surface area contributed by atoms with E-state index in [9.17, 15) is 18.7 Å². The average Bonchev–Trinajstić information content (AvgIpc) is 3.18. The number of carbonyl (C=O) groups is 1. The van der Waals surface area contributed by atoms with Crippen molar-refractivity contribution in [2.75, 3.05) is 4.90 Å². The molecule has 3 aromatic rings. The zero-order valence-corrected chi connectivity index (χ0v) is 15.5. The van der Waals surface area contributed by atoms with E-state index in [2.05, 4.69) is 4.98 Å². The van der Waals surface area contributed by atoms with Crippen molar-refractivity contribution < 1.29 is 18.7 Å². The van der Waals surface area contributed by atoms with Crippen LogP contribution in [0.25, 0.3) is 10.6 Å². The molecule has 1 aliphatic rings. The molecule has 0 fully saturated rings. The second-order valence-electron chi connectivity index (χ2n) is 6.92. The first-order valence-corrected chi connectivity index (χ1v) is 9.16. The molecule has 1 amide bonds. The number of benzene rings is 2. The molecule has 2 heterocycles. The maximum Gasteiger partial charge on any atom is 0.237 e. The predicted octanol–water partition coefficient (Wildman–Crippen LogP) is 4.62. The van der Waals surface area contributed by atoms with E-state index < -0.39 is 22.8 Å². The van der Waals surface area contributed by atoms with Gasteiger partial charge in [0, 0.05) is 16.8 Å². The second-order valence-corrected chi connectivity index (χ2v) is 8.04. The molecule has 138 valence electrons. The fourth-order valence-corrected chi connectivity index (χ4v) is 4.24. The van der Waals surface area contributed by atoms with E-state index in [-0.39, 0.29) is 11.5 Å². The number of hydrogen-bond acceptors (Lipinski definition) is 4. The van der Waals surface area contributed by atoms with E-state index in [4.69, 9.17) is 0 Å². The number of halogens is 2. The van der Waals surface area contributed by atoms with Gasteiger partial charge in [0.2, 0.25) is 5.91 Å². The number of fused-ring (bicyclic) bond motifs is 1. The van der Waals surface area contributed by atoms with Gasteiger partial charge in [0.25, 0.3) is 0 Å². The molecule has 1 aliphatic heterocycles. The van der Waals surface area contributed by atoms with Gasteiger partial charge in [-0.1, -0.05) is 18.2 Å². The lowest BCUT2D eigenvalue weighted by Gasteiger charge is -2.19. The van der Waals surface area contributed by atoms with Crippen LogP contribution in [0.3, 0.4) is 0 Å². The first-order valence-electron chi connectivity index (χ1n) is 8.34. The average molecular weight is 386 g/mol. The van der Waals surface area contributed by atoms with Crippen LogP contribution in [0.2, 0.25) is 0 Å². The lowest BCUT2D eigenvalue weighted by molar-refractivity contribution is -0.122. The maximum absolute atomic E-state index is 14.1. The van der Waals surface area contributed by atoms with Crippen LogP contribution >= 0.6 is 11.3 Å². The summed E-state index contributed by atoms with van der Waals surface area (Å²) in [5.41, 5.74) is 1.24. The van der Waals surface area contributed by atoms with Gasteiger partial charge in [-0.15, -0.1) is 11.3 Å². The van der Waals surface area contributed by atoms with E-state index >= 15 is 0 Å². The second kappa shape index (κ2) is 6.13. The first-order chi connectivity index (χ1) is 12.8. The molecule has 0 saturated carbocycles. The number of phenols is 1. The molecule has 0 radical (unpaired) electrons. The Balaban J connectivity index is 1.66. The fraction of sp³-hybridized carbons (Fsp3) is 0.200. The Labute approximate surface area is 158 Å². The summed E-state index contributed by atoms with van der Waals surface area (Å²) in [5, 5.41) is 9.78. The van der Waals surface area contributed by atoms with Crippen molar-refractivity contribution in [3.05, 3.63) is 64.7 Å². The van der Waals surface area contributed by atoms with Crippen LogP contribution in [0.1, 0.15) is 24.3 Å². The van der Waals surface area contributed by atoms with Crippen molar-refractivity contribution in [1.29, 1.82) is 0 Å². The SMILES string of the molecule is CC1(C)C(=O)N(Cc2cnc(-c3ccc(F)c(O)c3F)s2)c2ccccc21. The Morgan fingerprint density at radius 1 is 1.19 bits per heavy atom. The maximum atomic E-state index is 14.1. The largest absolute Gasteiger partial charge is 0.503 e. The Morgan fingerprint density at radius 2 is 1.93 bits per heavy atom. The lowest BCUT2D eigenvalue weighted by Crippen LogP contribution is -2.35. The van der Waals surface area contributed by atoms with E-state index in [0.717, 1.165) is 22.2 Å². The molecule has 0 spiro atoms. The summed E-state index contributed by atoms with van der Waals surface area (Å²) in [5.74, 6) is -3.09. The minimum absolute atomic E-state index is 0.00995. The molecule has 0 aliphatic carbocycles. The molecule has 0 atom stereocenters. The van der Waals surface area contributed by atoms with Gasteiger partial charge in [0.1, 0.15) is 5.01 Å². The van der Waals surface area contributed by atoms with Gasteiger partial charge in [0.15, 0.2) is 17.4 Å². The number of aromatic nitrogens is 1.